The Bertz CT molecular complexity index is 1970. The van der Waals surface area contributed by atoms with E-state index in [2.05, 4.69) is 20.3 Å². The molecule has 5 aromatic rings. The molecule has 0 radical (unpaired) electrons. The van der Waals surface area contributed by atoms with Crippen molar-refractivity contribution in [3.8, 4) is 28.8 Å². The summed E-state index contributed by atoms with van der Waals surface area (Å²) in [5.74, 6) is -2.53. The van der Waals surface area contributed by atoms with E-state index in [1.807, 2.05) is 0 Å². The van der Waals surface area contributed by atoms with Crippen molar-refractivity contribution < 1.29 is 46.1 Å². The van der Waals surface area contributed by atoms with E-state index in [9.17, 15) is 32.3 Å². The van der Waals surface area contributed by atoms with Gasteiger partial charge in [0.1, 0.15) is 41.1 Å². The lowest BCUT2D eigenvalue weighted by atomic mass is 9.81. The Morgan fingerprint density at radius 3 is 2.54 bits per heavy atom. The van der Waals surface area contributed by atoms with Crippen molar-refractivity contribution in [1.29, 1.82) is 0 Å². The lowest BCUT2D eigenvalue weighted by molar-refractivity contribution is -0.265. The summed E-state index contributed by atoms with van der Waals surface area (Å²) in [6, 6.07) is 11.3. The molecule has 4 N–H and O–H groups in total. The standard InChI is InChI=1S/C31H23F4N5O6/c1-29(27(36)42)15-45-25-20(29)13-22(40-24(25)16-4-6-19(32)7-5-16)30(43,31(33,34)35)14-39-26(41)18-11-17-3-2-8-37-23(17)21(12-18)46-28-38-9-10-44-28/h2-13,43H,14-15H2,1H3,(H2,36,42)(H,39,41)/t29-,30?/m0/s1. The molecule has 11 nitrogen and oxygen atoms in total. The van der Waals surface area contributed by atoms with Gasteiger partial charge in [-0.3, -0.25) is 14.6 Å². The molecule has 0 aliphatic carbocycles. The molecule has 2 atom stereocenters. The quantitative estimate of drug-likeness (QED) is 0.208. The number of oxazole rings is 1. The van der Waals surface area contributed by atoms with Crippen molar-refractivity contribution in [2.75, 3.05) is 13.2 Å². The Morgan fingerprint density at radius 1 is 1.11 bits per heavy atom. The number of halogens is 4. The molecule has 1 aliphatic heterocycles. The largest absolute Gasteiger partial charge is 0.489 e. The number of primary amides is 1. The topological polar surface area (TPSA) is 163 Å². The van der Waals surface area contributed by atoms with Gasteiger partial charge < -0.3 is 30.0 Å². The number of rotatable bonds is 8. The van der Waals surface area contributed by atoms with Gasteiger partial charge in [-0.1, -0.05) is 6.07 Å². The van der Waals surface area contributed by atoms with Crippen LogP contribution < -0.4 is 20.5 Å². The van der Waals surface area contributed by atoms with E-state index in [0.29, 0.717) is 10.9 Å². The van der Waals surface area contributed by atoms with Gasteiger partial charge in [-0.2, -0.15) is 18.2 Å². The van der Waals surface area contributed by atoms with Crippen LogP contribution in [0.4, 0.5) is 17.6 Å². The second-order valence-corrected chi connectivity index (χ2v) is 10.7. The van der Waals surface area contributed by atoms with Crippen LogP contribution in [0.25, 0.3) is 22.2 Å². The van der Waals surface area contributed by atoms with E-state index >= 15 is 0 Å². The summed E-state index contributed by atoms with van der Waals surface area (Å²) in [6.07, 6.45) is -1.50. The zero-order chi connectivity index (χ0) is 32.9. The lowest BCUT2D eigenvalue weighted by Gasteiger charge is -2.31. The SMILES string of the molecule is C[C@]1(C(N)=O)COc2c1cc(C(O)(CNC(=O)c1cc(Oc3ncco3)c3ncccc3c1)C(F)(F)F)nc2-c1ccc(F)cc1. The fourth-order valence-corrected chi connectivity index (χ4v) is 4.97. The third kappa shape index (κ3) is 5.23. The molecule has 0 saturated carbocycles. The molecule has 1 unspecified atom stereocenters. The second kappa shape index (κ2) is 11.1. The molecule has 0 saturated heterocycles. The molecule has 6 rings (SSSR count). The molecule has 1 aliphatic rings. The molecular weight excluding hydrogens is 614 g/mol. The van der Waals surface area contributed by atoms with E-state index < -0.39 is 47.1 Å². The predicted molar refractivity (Wildman–Crippen MR) is 152 cm³/mol. The van der Waals surface area contributed by atoms with Gasteiger partial charge >= 0.3 is 12.3 Å². The van der Waals surface area contributed by atoms with Gasteiger partial charge in [-0.15, -0.1) is 0 Å². The maximum atomic E-state index is 14.8. The number of carbonyl (C=O) groups excluding carboxylic acids is 2. The van der Waals surface area contributed by atoms with E-state index in [-0.39, 0.29) is 46.6 Å². The highest BCUT2D eigenvalue weighted by molar-refractivity contribution is 6.00. The summed E-state index contributed by atoms with van der Waals surface area (Å²) >= 11 is 0. The Labute approximate surface area is 257 Å². The first kappa shape index (κ1) is 30.5. The number of ether oxygens (including phenoxy) is 2. The number of benzene rings is 2. The normalized spacial score (nSPS) is 17.2. The van der Waals surface area contributed by atoms with E-state index in [1.165, 1.54) is 49.8 Å². The van der Waals surface area contributed by atoms with Crippen LogP contribution in [0.3, 0.4) is 0 Å². The lowest BCUT2D eigenvalue weighted by Crippen LogP contribution is -2.51. The highest BCUT2D eigenvalue weighted by Crippen LogP contribution is 2.47. The highest BCUT2D eigenvalue weighted by atomic mass is 19.4. The van der Waals surface area contributed by atoms with Gasteiger partial charge in [-0.25, -0.2) is 9.37 Å². The molecule has 236 valence electrons. The molecule has 0 spiro atoms. The summed E-state index contributed by atoms with van der Waals surface area (Å²) in [7, 11) is 0. The van der Waals surface area contributed by atoms with Gasteiger partial charge in [0.2, 0.25) is 11.5 Å². The number of hydrogen-bond donors (Lipinski definition) is 3. The Morgan fingerprint density at radius 2 is 1.87 bits per heavy atom. The minimum atomic E-state index is -5.39. The Hall–Kier alpha value is -5.57. The number of amides is 2. The molecule has 2 amide bonds. The number of nitrogens with zero attached hydrogens (tertiary/aromatic N) is 3. The molecule has 46 heavy (non-hydrogen) atoms. The van der Waals surface area contributed by atoms with Crippen molar-refractivity contribution in [3.05, 3.63) is 95.9 Å². The smallest absolute Gasteiger partial charge is 0.424 e. The summed E-state index contributed by atoms with van der Waals surface area (Å²) in [4.78, 5) is 37.9. The zero-order valence-electron chi connectivity index (χ0n) is 23.8. The number of aromatic nitrogens is 3. The first-order chi connectivity index (χ1) is 21.8. The van der Waals surface area contributed by atoms with E-state index in [1.54, 1.807) is 12.1 Å². The average Bonchev–Trinajstić information content (AvgIpc) is 3.67. The molecule has 2 aromatic carbocycles. The van der Waals surface area contributed by atoms with Crippen molar-refractivity contribution in [2.45, 2.75) is 24.1 Å². The van der Waals surface area contributed by atoms with Gasteiger partial charge in [0, 0.05) is 28.3 Å². The monoisotopic (exact) mass is 637 g/mol. The van der Waals surface area contributed by atoms with Gasteiger partial charge in [0.25, 0.3) is 5.91 Å². The van der Waals surface area contributed by atoms with Crippen LogP contribution in [-0.4, -0.2) is 51.2 Å². The number of nitrogens with one attached hydrogen (secondary N) is 1. The first-order valence-corrected chi connectivity index (χ1v) is 13.6. The Balaban J connectivity index is 1.40. The molecule has 4 heterocycles. The number of alkyl halides is 3. The minimum Gasteiger partial charge on any atom is -0.489 e. The van der Waals surface area contributed by atoms with E-state index in [4.69, 9.17) is 19.6 Å². The third-order valence-electron chi connectivity index (χ3n) is 7.67. The summed E-state index contributed by atoms with van der Waals surface area (Å²) in [5.41, 5.74) is -0.632. The van der Waals surface area contributed by atoms with Crippen LogP contribution >= 0.6 is 0 Å². The summed E-state index contributed by atoms with van der Waals surface area (Å²) < 4.78 is 74.3. The van der Waals surface area contributed by atoms with Gasteiger partial charge in [-0.05, 0) is 55.5 Å². The first-order valence-electron chi connectivity index (χ1n) is 13.6. The molecular formula is C31H23F4N5O6. The number of nitrogens with two attached hydrogens (primary N) is 1. The molecule has 0 fully saturated rings. The highest BCUT2D eigenvalue weighted by Gasteiger charge is 2.57. The van der Waals surface area contributed by atoms with Crippen LogP contribution in [0.2, 0.25) is 0 Å². The van der Waals surface area contributed by atoms with Crippen LogP contribution in [0, 0.1) is 5.82 Å². The van der Waals surface area contributed by atoms with Crippen molar-refractivity contribution in [1.82, 2.24) is 20.3 Å². The van der Waals surface area contributed by atoms with Crippen LogP contribution in [0.1, 0.15) is 28.5 Å². The van der Waals surface area contributed by atoms with Crippen LogP contribution in [-0.2, 0) is 15.8 Å². The zero-order valence-corrected chi connectivity index (χ0v) is 23.8. The maximum absolute atomic E-state index is 14.8. The maximum Gasteiger partial charge on any atom is 0.424 e. The fourth-order valence-electron chi connectivity index (χ4n) is 4.97. The van der Waals surface area contributed by atoms with Crippen molar-refractivity contribution in [2.24, 2.45) is 5.73 Å². The number of hydrogen-bond acceptors (Lipinski definition) is 9. The van der Waals surface area contributed by atoms with Gasteiger partial charge in [0.15, 0.2) is 5.75 Å². The average molecular weight is 638 g/mol. The number of carbonyl (C=O) groups is 2. The summed E-state index contributed by atoms with van der Waals surface area (Å²) in [6.45, 7) is -0.327. The van der Waals surface area contributed by atoms with Crippen molar-refractivity contribution >= 4 is 22.7 Å². The van der Waals surface area contributed by atoms with Crippen LogP contribution in [0.5, 0.6) is 17.6 Å². The molecule has 0 bridgehead atoms. The molecule has 3 aromatic heterocycles. The van der Waals surface area contributed by atoms with Crippen LogP contribution in [0.15, 0.2) is 77.7 Å². The number of aliphatic hydroxyl groups is 1. The number of fused-ring (bicyclic) bond motifs is 2. The Kier molecular flexibility index (Phi) is 7.35. The predicted octanol–water partition coefficient (Wildman–Crippen LogP) is 4.53. The summed E-state index contributed by atoms with van der Waals surface area (Å²) in [5, 5.41) is 13.8. The second-order valence-electron chi connectivity index (χ2n) is 10.7. The van der Waals surface area contributed by atoms with E-state index in [0.717, 1.165) is 18.2 Å². The minimum absolute atomic E-state index is 0.0340. The number of pyridine rings is 2. The fraction of sp³-hybridized carbons (Fsp3) is 0.194. The van der Waals surface area contributed by atoms with Crippen molar-refractivity contribution in [3.63, 3.8) is 0 Å². The molecule has 15 heteroatoms. The third-order valence-corrected chi connectivity index (χ3v) is 7.67. The van der Waals surface area contributed by atoms with Gasteiger partial charge in [0.05, 0.1) is 18.4 Å².